The number of hydrogen-bond acceptors (Lipinski definition) is 3. The lowest BCUT2D eigenvalue weighted by Gasteiger charge is -2.08. The molecule has 0 aliphatic heterocycles. The third kappa shape index (κ3) is 3.32. The fourth-order valence-corrected chi connectivity index (χ4v) is 2.66. The van der Waals surface area contributed by atoms with Crippen molar-refractivity contribution < 1.29 is 4.79 Å². The van der Waals surface area contributed by atoms with Crippen molar-refractivity contribution in [3.05, 3.63) is 75.4 Å². The molecule has 1 aromatic carbocycles. The second-order valence-electron chi connectivity index (χ2n) is 5.33. The summed E-state index contributed by atoms with van der Waals surface area (Å²) in [5.41, 5.74) is 1.18. The van der Waals surface area contributed by atoms with Gasteiger partial charge in [-0.2, -0.15) is 0 Å². The number of halogens is 1. The first-order valence-corrected chi connectivity index (χ1v) is 7.72. The van der Waals surface area contributed by atoms with Gasteiger partial charge in [0.1, 0.15) is 0 Å². The molecule has 0 spiro atoms. The van der Waals surface area contributed by atoms with Crippen LogP contribution in [0.1, 0.15) is 29.4 Å². The Morgan fingerprint density at radius 3 is 2.78 bits per heavy atom. The van der Waals surface area contributed by atoms with Crippen LogP contribution in [0.15, 0.2) is 53.6 Å². The number of rotatable bonds is 4. The predicted molar refractivity (Wildman–Crippen MR) is 91.2 cm³/mol. The predicted octanol–water partition coefficient (Wildman–Crippen LogP) is 3.69. The molecule has 0 saturated heterocycles. The van der Waals surface area contributed by atoms with Crippen LogP contribution in [-0.4, -0.2) is 15.3 Å². The fraction of sp³-hybridized carbons (Fsp3) is 0.167. The van der Waals surface area contributed by atoms with Crippen molar-refractivity contribution in [3.63, 3.8) is 0 Å². The van der Waals surface area contributed by atoms with Crippen LogP contribution in [0.2, 0.25) is 5.02 Å². The first kappa shape index (κ1) is 15.4. The van der Waals surface area contributed by atoms with E-state index >= 15 is 0 Å². The number of aromatic nitrogens is 2. The highest BCUT2D eigenvalue weighted by atomic mass is 35.5. The van der Waals surface area contributed by atoms with Gasteiger partial charge in [-0.3, -0.25) is 14.6 Å². The molecule has 5 heteroatoms. The Hall–Kier alpha value is -2.46. The van der Waals surface area contributed by atoms with Gasteiger partial charge in [-0.05, 0) is 35.0 Å². The quantitative estimate of drug-likeness (QED) is 0.687. The van der Waals surface area contributed by atoms with Crippen LogP contribution in [-0.2, 0) is 6.54 Å². The maximum Gasteiger partial charge on any atom is 0.251 e. The molecule has 0 fully saturated rings. The molecule has 0 bridgehead atoms. The zero-order valence-electron chi connectivity index (χ0n) is 12.6. The molecule has 0 aliphatic carbocycles. The van der Waals surface area contributed by atoms with Crippen LogP contribution < -0.4 is 5.56 Å². The largest absolute Gasteiger partial charge is 0.309 e. The molecule has 0 atom stereocenters. The second-order valence-corrected chi connectivity index (χ2v) is 5.76. The molecule has 2 aromatic heterocycles. The number of pyridine rings is 2. The van der Waals surface area contributed by atoms with Gasteiger partial charge in [0.05, 0.1) is 12.2 Å². The summed E-state index contributed by atoms with van der Waals surface area (Å²) in [5, 5.41) is 2.35. The van der Waals surface area contributed by atoms with E-state index in [4.69, 9.17) is 11.6 Å². The smallest absolute Gasteiger partial charge is 0.251 e. The summed E-state index contributed by atoms with van der Waals surface area (Å²) in [5.74, 6) is 0.0614. The number of ketones is 1. The molecule has 3 aromatic rings. The standard InChI is InChI=1S/C18H15ClN2O2/c1-2-17(22)13-5-6-20-16(8-13)11-21-10-14-7-15(19)4-3-12(14)9-18(21)23/h3-10H,2,11H2,1H3. The van der Waals surface area contributed by atoms with E-state index in [1.54, 1.807) is 41.2 Å². The van der Waals surface area contributed by atoms with Crippen molar-refractivity contribution >= 4 is 28.2 Å². The van der Waals surface area contributed by atoms with E-state index in [1.165, 1.54) is 0 Å². The maximum atomic E-state index is 12.2. The molecule has 3 rings (SSSR count). The summed E-state index contributed by atoms with van der Waals surface area (Å²) in [4.78, 5) is 28.3. The minimum absolute atomic E-state index is 0.0614. The van der Waals surface area contributed by atoms with E-state index in [1.807, 2.05) is 19.1 Å². The highest BCUT2D eigenvalue weighted by Crippen LogP contribution is 2.17. The lowest BCUT2D eigenvalue weighted by molar-refractivity contribution is 0.0988. The molecule has 0 radical (unpaired) electrons. The average molecular weight is 327 g/mol. The first-order valence-electron chi connectivity index (χ1n) is 7.34. The van der Waals surface area contributed by atoms with Crippen molar-refractivity contribution in [1.29, 1.82) is 0 Å². The Kier molecular flexibility index (Phi) is 4.26. The van der Waals surface area contributed by atoms with Gasteiger partial charge in [0.2, 0.25) is 0 Å². The van der Waals surface area contributed by atoms with Crippen LogP contribution in [0.3, 0.4) is 0 Å². The van der Waals surface area contributed by atoms with Crippen molar-refractivity contribution in [2.45, 2.75) is 19.9 Å². The lowest BCUT2D eigenvalue weighted by Crippen LogP contribution is -2.19. The Bertz CT molecular complexity index is 947. The van der Waals surface area contributed by atoms with Gasteiger partial charge >= 0.3 is 0 Å². The van der Waals surface area contributed by atoms with Gasteiger partial charge in [-0.15, -0.1) is 0 Å². The average Bonchev–Trinajstić information content (AvgIpc) is 2.55. The van der Waals surface area contributed by atoms with E-state index in [2.05, 4.69) is 4.98 Å². The van der Waals surface area contributed by atoms with Gasteiger partial charge in [-0.25, -0.2) is 0 Å². The molecule has 116 valence electrons. The van der Waals surface area contributed by atoms with E-state index in [9.17, 15) is 9.59 Å². The third-order valence-corrected chi connectivity index (χ3v) is 3.93. The van der Waals surface area contributed by atoms with Crippen molar-refractivity contribution in [2.75, 3.05) is 0 Å². The minimum Gasteiger partial charge on any atom is -0.309 e. The topological polar surface area (TPSA) is 52.0 Å². The van der Waals surface area contributed by atoms with Crippen molar-refractivity contribution in [3.8, 4) is 0 Å². The Labute approximate surface area is 138 Å². The third-order valence-electron chi connectivity index (χ3n) is 3.70. The van der Waals surface area contributed by atoms with E-state index < -0.39 is 0 Å². The van der Waals surface area contributed by atoms with Crippen LogP contribution in [0, 0.1) is 0 Å². The highest BCUT2D eigenvalue weighted by molar-refractivity contribution is 6.31. The van der Waals surface area contributed by atoms with Gasteiger partial charge in [0, 0.05) is 35.5 Å². The molecule has 4 nitrogen and oxygen atoms in total. The van der Waals surface area contributed by atoms with E-state index in [-0.39, 0.29) is 11.3 Å². The van der Waals surface area contributed by atoms with Gasteiger partial charge < -0.3 is 4.57 Å². The van der Waals surface area contributed by atoms with Crippen LogP contribution in [0.5, 0.6) is 0 Å². The monoisotopic (exact) mass is 326 g/mol. The Morgan fingerprint density at radius 1 is 1.17 bits per heavy atom. The Balaban J connectivity index is 1.99. The van der Waals surface area contributed by atoms with Crippen molar-refractivity contribution in [1.82, 2.24) is 9.55 Å². The summed E-state index contributed by atoms with van der Waals surface area (Å²) in [6, 6.07) is 10.4. The SMILES string of the molecule is CCC(=O)c1ccnc(Cn2cc3cc(Cl)ccc3cc2=O)c1. The molecule has 0 aliphatic rings. The molecule has 23 heavy (non-hydrogen) atoms. The molecule has 0 amide bonds. The first-order chi connectivity index (χ1) is 11.1. The van der Waals surface area contributed by atoms with Gasteiger partial charge in [-0.1, -0.05) is 24.6 Å². The zero-order valence-corrected chi connectivity index (χ0v) is 13.4. The van der Waals surface area contributed by atoms with E-state index in [0.29, 0.717) is 29.2 Å². The highest BCUT2D eigenvalue weighted by Gasteiger charge is 2.07. The van der Waals surface area contributed by atoms with Gasteiger partial charge in [0.25, 0.3) is 5.56 Å². The molecule has 0 unspecified atom stereocenters. The molecular formula is C18H15ClN2O2. The molecule has 2 heterocycles. The molecule has 0 saturated carbocycles. The van der Waals surface area contributed by atoms with Crippen LogP contribution in [0.25, 0.3) is 10.8 Å². The number of carbonyl (C=O) groups excluding carboxylic acids is 1. The molecule has 0 N–H and O–H groups in total. The zero-order chi connectivity index (χ0) is 16.4. The van der Waals surface area contributed by atoms with Crippen LogP contribution >= 0.6 is 11.6 Å². The number of nitrogens with zero attached hydrogens (tertiary/aromatic N) is 2. The summed E-state index contributed by atoms with van der Waals surface area (Å²) in [6.07, 6.45) is 3.80. The number of benzene rings is 1. The van der Waals surface area contributed by atoms with Crippen molar-refractivity contribution in [2.24, 2.45) is 0 Å². The fourth-order valence-electron chi connectivity index (χ4n) is 2.48. The van der Waals surface area contributed by atoms with Crippen LogP contribution in [0.4, 0.5) is 0 Å². The van der Waals surface area contributed by atoms with E-state index in [0.717, 1.165) is 10.8 Å². The number of carbonyl (C=O) groups is 1. The second kappa shape index (κ2) is 6.34. The number of hydrogen-bond donors (Lipinski definition) is 0. The maximum absolute atomic E-state index is 12.2. The summed E-state index contributed by atoms with van der Waals surface area (Å²) >= 11 is 6.01. The van der Waals surface area contributed by atoms with Gasteiger partial charge in [0.15, 0.2) is 5.78 Å². The summed E-state index contributed by atoms with van der Waals surface area (Å²) in [6.45, 7) is 2.13. The minimum atomic E-state index is -0.117. The lowest BCUT2D eigenvalue weighted by atomic mass is 10.1. The normalized spacial score (nSPS) is 10.9. The Morgan fingerprint density at radius 2 is 2.00 bits per heavy atom. The summed E-state index contributed by atoms with van der Waals surface area (Å²) in [7, 11) is 0. The number of Topliss-reactive ketones (excluding diaryl/α,β-unsaturated/α-hetero) is 1. The molecular weight excluding hydrogens is 312 g/mol. The number of fused-ring (bicyclic) bond motifs is 1. The summed E-state index contributed by atoms with van der Waals surface area (Å²) < 4.78 is 1.57.